The van der Waals surface area contributed by atoms with E-state index in [0.717, 1.165) is 0 Å². The lowest BCUT2D eigenvalue weighted by Gasteiger charge is -2.19. The van der Waals surface area contributed by atoms with E-state index in [1.54, 1.807) is 11.3 Å². The van der Waals surface area contributed by atoms with Crippen LogP contribution in [0.5, 0.6) is 0 Å². The van der Waals surface area contributed by atoms with E-state index in [-0.39, 0.29) is 18.5 Å². The van der Waals surface area contributed by atoms with Gasteiger partial charge in [-0.05, 0) is 38.1 Å². The number of halogens is 3. The molecule has 0 saturated heterocycles. The highest BCUT2D eigenvalue weighted by Gasteiger charge is 2.26. The SMILES string of the molecule is CC(CCCC(F)(F)F)NC(C)c1cccs1. The fourth-order valence-electron chi connectivity index (χ4n) is 1.74. The predicted molar refractivity (Wildman–Crippen MR) is 65.2 cm³/mol. The van der Waals surface area contributed by atoms with Crippen molar-refractivity contribution in [2.75, 3.05) is 0 Å². The first-order valence-corrected chi connectivity index (χ1v) is 6.62. The van der Waals surface area contributed by atoms with Crippen molar-refractivity contribution in [3.05, 3.63) is 22.4 Å². The van der Waals surface area contributed by atoms with Crippen molar-refractivity contribution in [2.45, 2.75) is 51.4 Å². The number of hydrogen-bond acceptors (Lipinski definition) is 2. The molecule has 0 amide bonds. The molecule has 0 aliphatic rings. The zero-order chi connectivity index (χ0) is 12.9. The molecule has 0 saturated carbocycles. The van der Waals surface area contributed by atoms with Crippen LogP contribution in [0.2, 0.25) is 0 Å². The van der Waals surface area contributed by atoms with Crippen LogP contribution in [0.4, 0.5) is 13.2 Å². The topological polar surface area (TPSA) is 12.0 Å². The molecule has 5 heteroatoms. The van der Waals surface area contributed by atoms with Crippen LogP contribution in [0.15, 0.2) is 17.5 Å². The molecule has 0 spiro atoms. The predicted octanol–water partition coefficient (Wildman–Crippen LogP) is 4.52. The van der Waals surface area contributed by atoms with Crippen LogP contribution < -0.4 is 5.32 Å². The first-order chi connectivity index (χ1) is 7.88. The van der Waals surface area contributed by atoms with E-state index in [4.69, 9.17) is 0 Å². The Morgan fingerprint density at radius 2 is 2.06 bits per heavy atom. The molecule has 98 valence electrons. The van der Waals surface area contributed by atoms with Gasteiger partial charge in [-0.3, -0.25) is 0 Å². The van der Waals surface area contributed by atoms with Gasteiger partial charge in [0.05, 0.1) is 0 Å². The van der Waals surface area contributed by atoms with Crippen molar-refractivity contribution < 1.29 is 13.2 Å². The van der Waals surface area contributed by atoms with Gasteiger partial charge in [-0.15, -0.1) is 11.3 Å². The van der Waals surface area contributed by atoms with E-state index in [1.807, 2.05) is 31.4 Å². The lowest BCUT2D eigenvalue weighted by Crippen LogP contribution is -2.28. The van der Waals surface area contributed by atoms with Crippen LogP contribution in [-0.2, 0) is 0 Å². The molecule has 0 aromatic carbocycles. The van der Waals surface area contributed by atoms with Gasteiger partial charge in [-0.1, -0.05) is 6.07 Å². The van der Waals surface area contributed by atoms with Gasteiger partial charge >= 0.3 is 6.18 Å². The van der Waals surface area contributed by atoms with Crippen molar-refractivity contribution in [1.29, 1.82) is 0 Å². The summed E-state index contributed by atoms with van der Waals surface area (Å²) in [6.07, 6.45) is -3.98. The Morgan fingerprint density at radius 1 is 1.35 bits per heavy atom. The number of nitrogens with one attached hydrogen (secondary N) is 1. The number of rotatable bonds is 6. The highest BCUT2D eigenvalue weighted by molar-refractivity contribution is 7.10. The Hall–Kier alpha value is -0.550. The molecule has 0 bridgehead atoms. The number of thiophene rings is 1. The monoisotopic (exact) mass is 265 g/mol. The second kappa shape index (κ2) is 6.40. The maximum atomic E-state index is 12.0. The van der Waals surface area contributed by atoms with E-state index in [0.29, 0.717) is 6.42 Å². The number of hydrogen-bond donors (Lipinski definition) is 1. The molecule has 1 heterocycles. The van der Waals surface area contributed by atoms with Gasteiger partial charge < -0.3 is 5.32 Å². The first kappa shape index (κ1) is 14.5. The molecule has 17 heavy (non-hydrogen) atoms. The maximum Gasteiger partial charge on any atom is 0.389 e. The molecule has 0 fully saturated rings. The average Bonchev–Trinajstić information content (AvgIpc) is 2.67. The Labute approximate surface area is 104 Å². The molecular formula is C12H18F3NS. The Morgan fingerprint density at radius 3 is 2.59 bits per heavy atom. The molecule has 1 aromatic heterocycles. The van der Waals surface area contributed by atoms with Gasteiger partial charge in [-0.2, -0.15) is 13.2 Å². The fraction of sp³-hybridized carbons (Fsp3) is 0.667. The molecular weight excluding hydrogens is 247 g/mol. The van der Waals surface area contributed by atoms with Crippen LogP contribution in [0.25, 0.3) is 0 Å². The van der Waals surface area contributed by atoms with E-state index < -0.39 is 12.6 Å². The Bertz CT molecular complexity index is 308. The summed E-state index contributed by atoms with van der Waals surface area (Å²) in [6.45, 7) is 3.96. The summed E-state index contributed by atoms with van der Waals surface area (Å²) >= 11 is 1.66. The van der Waals surface area contributed by atoms with Gasteiger partial charge in [0.1, 0.15) is 0 Å². The second-order valence-corrected chi connectivity index (χ2v) is 5.29. The van der Waals surface area contributed by atoms with Crippen LogP contribution in [0, 0.1) is 0 Å². The minimum absolute atomic E-state index is 0.106. The van der Waals surface area contributed by atoms with Gasteiger partial charge in [0, 0.05) is 23.4 Å². The summed E-state index contributed by atoms with van der Waals surface area (Å²) < 4.78 is 35.9. The molecule has 1 nitrogen and oxygen atoms in total. The Balaban J connectivity index is 2.23. The van der Waals surface area contributed by atoms with Gasteiger partial charge in [0.2, 0.25) is 0 Å². The van der Waals surface area contributed by atoms with Gasteiger partial charge in [0.25, 0.3) is 0 Å². The van der Waals surface area contributed by atoms with Crippen molar-refractivity contribution in [2.24, 2.45) is 0 Å². The summed E-state index contributed by atoms with van der Waals surface area (Å²) in [5.74, 6) is 0. The quantitative estimate of drug-likeness (QED) is 0.797. The first-order valence-electron chi connectivity index (χ1n) is 5.74. The molecule has 2 atom stereocenters. The highest BCUT2D eigenvalue weighted by Crippen LogP contribution is 2.23. The molecule has 1 rings (SSSR count). The average molecular weight is 265 g/mol. The third-order valence-corrected chi connectivity index (χ3v) is 3.66. The number of alkyl halides is 3. The Kier molecular flexibility index (Phi) is 5.46. The summed E-state index contributed by atoms with van der Waals surface area (Å²) in [5, 5.41) is 5.31. The lowest BCUT2D eigenvalue weighted by atomic mass is 10.1. The van der Waals surface area contributed by atoms with Crippen LogP contribution in [0.1, 0.15) is 44.0 Å². The van der Waals surface area contributed by atoms with E-state index in [9.17, 15) is 13.2 Å². The van der Waals surface area contributed by atoms with E-state index in [1.165, 1.54) is 4.88 Å². The zero-order valence-electron chi connectivity index (χ0n) is 10.1. The normalized spacial score (nSPS) is 15.8. The minimum Gasteiger partial charge on any atom is -0.307 e. The van der Waals surface area contributed by atoms with Crippen LogP contribution >= 0.6 is 11.3 Å². The van der Waals surface area contributed by atoms with Crippen molar-refractivity contribution in [3.8, 4) is 0 Å². The van der Waals surface area contributed by atoms with Crippen LogP contribution in [-0.4, -0.2) is 12.2 Å². The minimum atomic E-state index is -4.03. The second-order valence-electron chi connectivity index (χ2n) is 4.31. The zero-order valence-corrected chi connectivity index (χ0v) is 10.9. The smallest absolute Gasteiger partial charge is 0.307 e. The van der Waals surface area contributed by atoms with Crippen molar-refractivity contribution in [3.63, 3.8) is 0 Å². The fourth-order valence-corrected chi connectivity index (χ4v) is 2.48. The van der Waals surface area contributed by atoms with Crippen molar-refractivity contribution in [1.82, 2.24) is 5.32 Å². The lowest BCUT2D eigenvalue weighted by molar-refractivity contribution is -0.135. The summed E-state index contributed by atoms with van der Waals surface area (Å²) in [7, 11) is 0. The third-order valence-electron chi connectivity index (χ3n) is 2.60. The molecule has 1 aromatic rings. The van der Waals surface area contributed by atoms with Crippen LogP contribution in [0.3, 0.4) is 0 Å². The third kappa shape index (κ3) is 6.07. The molecule has 0 radical (unpaired) electrons. The summed E-state index contributed by atoms with van der Waals surface area (Å²) in [5.41, 5.74) is 0. The molecule has 0 aliphatic heterocycles. The molecule has 0 aliphatic carbocycles. The molecule has 1 N–H and O–H groups in total. The summed E-state index contributed by atoms with van der Waals surface area (Å²) in [6, 6.07) is 4.32. The standard InChI is InChI=1S/C12H18F3NS/c1-9(5-3-7-12(13,14)15)16-10(2)11-6-4-8-17-11/h4,6,8-10,16H,3,5,7H2,1-2H3. The maximum absolute atomic E-state index is 12.0. The highest BCUT2D eigenvalue weighted by atomic mass is 32.1. The van der Waals surface area contributed by atoms with Gasteiger partial charge in [-0.25, -0.2) is 0 Å². The van der Waals surface area contributed by atoms with Gasteiger partial charge in [0.15, 0.2) is 0 Å². The summed E-state index contributed by atoms with van der Waals surface area (Å²) in [4.78, 5) is 1.22. The van der Waals surface area contributed by atoms with E-state index in [2.05, 4.69) is 5.32 Å². The van der Waals surface area contributed by atoms with E-state index >= 15 is 0 Å². The van der Waals surface area contributed by atoms with Crippen molar-refractivity contribution >= 4 is 11.3 Å². The largest absolute Gasteiger partial charge is 0.389 e. The molecule has 2 unspecified atom stereocenters.